The van der Waals surface area contributed by atoms with E-state index in [2.05, 4.69) is 42.6 Å². The molecule has 1 aromatic heterocycles. The minimum Gasteiger partial charge on any atom is -0.473 e. The number of nitrogens with one attached hydrogen (secondary N) is 1. The van der Waals surface area contributed by atoms with Gasteiger partial charge in [0.15, 0.2) is 0 Å². The van der Waals surface area contributed by atoms with E-state index in [9.17, 15) is 0 Å². The van der Waals surface area contributed by atoms with Gasteiger partial charge in [-0.15, -0.1) is 5.10 Å². The normalized spacial score (nSPS) is 15.9. The molecule has 0 spiro atoms. The number of piperidine rings is 1. The summed E-state index contributed by atoms with van der Waals surface area (Å²) in [5, 5.41) is 9.28. The molecule has 4 heteroatoms. The SMILES string of the molecule is Cc1cccc2c1c(OC1CCNCC1)nn2-c1ccccc1. The Morgan fingerprint density at radius 1 is 1.04 bits per heavy atom. The molecule has 23 heavy (non-hydrogen) atoms. The predicted molar refractivity (Wildman–Crippen MR) is 92.3 cm³/mol. The van der Waals surface area contributed by atoms with E-state index in [0.29, 0.717) is 0 Å². The Labute approximate surface area is 136 Å². The van der Waals surface area contributed by atoms with Crippen LogP contribution in [0.3, 0.4) is 0 Å². The fourth-order valence-electron chi connectivity index (χ4n) is 3.22. The molecule has 4 nitrogen and oxygen atoms in total. The van der Waals surface area contributed by atoms with Gasteiger partial charge in [0.25, 0.3) is 0 Å². The summed E-state index contributed by atoms with van der Waals surface area (Å²) in [7, 11) is 0. The van der Waals surface area contributed by atoms with Gasteiger partial charge in [-0.3, -0.25) is 0 Å². The zero-order valence-corrected chi connectivity index (χ0v) is 13.3. The van der Waals surface area contributed by atoms with Crippen molar-refractivity contribution in [2.24, 2.45) is 0 Å². The highest BCUT2D eigenvalue weighted by Gasteiger charge is 2.20. The lowest BCUT2D eigenvalue weighted by Crippen LogP contribution is -2.34. The third kappa shape index (κ3) is 2.70. The Morgan fingerprint density at radius 3 is 2.61 bits per heavy atom. The molecule has 1 aliphatic heterocycles. The second-order valence-electron chi connectivity index (χ2n) is 6.09. The number of fused-ring (bicyclic) bond motifs is 1. The lowest BCUT2D eigenvalue weighted by molar-refractivity contribution is 0.157. The molecule has 1 saturated heterocycles. The maximum Gasteiger partial charge on any atom is 0.241 e. The third-order valence-electron chi connectivity index (χ3n) is 4.45. The van der Waals surface area contributed by atoms with Gasteiger partial charge in [-0.05, 0) is 56.6 Å². The van der Waals surface area contributed by atoms with Gasteiger partial charge in [-0.25, -0.2) is 4.68 Å². The van der Waals surface area contributed by atoms with Crippen LogP contribution in [0.4, 0.5) is 0 Å². The van der Waals surface area contributed by atoms with Gasteiger partial charge < -0.3 is 10.1 Å². The maximum absolute atomic E-state index is 6.28. The van der Waals surface area contributed by atoms with Crippen molar-refractivity contribution >= 4 is 10.9 Å². The van der Waals surface area contributed by atoms with E-state index in [-0.39, 0.29) is 6.10 Å². The van der Waals surface area contributed by atoms with Gasteiger partial charge in [-0.1, -0.05) is 30.3 Å². The van der Waals surface area contributed by atoms with Crippen LogP contribution in [0.15, 0.2) is 48.5 Å². The fraction of sp³-hybridized carbons (Fsp3) is 0.316. The number of hydrogen-bond donors (Lipinski definition) is 1. The van der Waals surface area contributed by atoms with Crippen LogP contribution in [-0.4, -0.2) is 29.0 Å². The lowest BCUT2D eigenvalue weighted by atomic mass is 10.1. The van der Waals surface area contributed by atoms with Gasteiger partial charge in [0.05, 0.1) is 16.6 Å². The van der Waals surface area contributed by atoms with Gasteiger partial charge in [0, 0.05) is 0 Å². The molecule has 1 N–H and O–H groups in total. The van der Waals surface area contributed by atoms with Crippen LogP contribution < -0.4 is 10.1 Å². The number of nitrogens with zero attached hydrogens (tertiary/aromatic N) is 2. The third-order valence-corrected chi connectivity index (χ3v) is 4.45. The fourth-order valence-corrected chi connectivity index (χ4v) is 3.22. The molecule has 0 bridgehead atoms. The molecule has 0 unspecified atom stereocenters. The average molecular weight is 307 g/mol. The minimum atomic E-state index is 0.248. The molecular weight excluding hydrogens is 286 g/mol. The maximum atomic E-state index is 6.28. The van der Waals surface area contributed by atoms with E-state index in [0.717, 1.165) is 48.4 Å². The van der Waals surface area contributed by atoms with Crippen molar-refractivity contribution in [3.05, 3.63) is 54.1 Å². The van der Waals surface area contributed by atoms with Crippen LogP contribution >= 0.6 is 0 Å². The van der Waals surface area contributed by atoms with Crippen LogP contribution in [0.1, 0.15) is 18.4 Å². The summed E-state index contributed by atoms with van der Waals surface area (Å²) in [5.41, 5.74) is 3.36. The standard InChI is InChI=1S/C19H21N3O/c1-14-6-5-9-17-18(14)19(23-16-10-12-20-13-11-16)21-22(17)15-7-3-2-4-8-15/h2-9,16,20H,10-13H2,1H3. The van der Waals surface area contributed by atoms with Crippen molar-refractivity contribution in [1.82, 2.24) is 15.1 Å². The largest absolute Gasteiger partial charge is 0.473 e. The van der Waals surface area contributed by atoms with Gasteiger partial charge in [0.2, 0.25) is 5.88 Å². The van der Waals surface area contributed by atoms with Crippen molar-refractivity contribution in [2.45, 2.75) is 25.9 Å². The summed E-state index contributed by atoms with van der Waals surface area (Å²) in [6.45, 7) is 4.15. The summed E-state index contributed by atoms with van der Waals surface area (Å²) in [5.74, 6) is 0.758. The van der Waals surface area contributed by atoms with E-state index in [1.54, 1.807) is 0 Å². The minimum absolute atomic E-state index is 0.248. The molecule has 4 rings (SSSR count). The van der Waals surface area contributed by atoms with Crippen LogP contribution in [0.2, 0.25) is 0 Å². The molecule has 2 aromatic carbocycles. The number of benzene rings is 2. The Hall–Kier alpha value is -2.33. The second-order valence-corrected chi connectivity index (χ2v) is 6.09. The molecule has 1 aliphatic rings. The van der Waals surface area contributed by atoms with Crippen LogP contribution in [0.25, 0.3) is 16.6 Å². The van der Waals surface area contributed by atoms with Crippen LogP contribution in [0, 0.1) is 6.92 Å². The second kappa shape index (κ2) is 6.05. The smallest absolute Gasteiger partial charge is 0.241 e. The Morgan fingerprint density at radius 2 is 1.83 bits per heavy atom. The highest BCUT2D eigenvalue weighted by Crippen LogP contribution is 2.31. The molecule has 0 atom stereocenters. The van der Waals surface area contributed by atoms with Crippen molar-refractivity contribution < 1.29 is 4.74 Å². The summed E-state index contributed by atoms with van der Waals surface area (Å²) >= 11 is 0. The number of aromatic nitrogens is 2. The van der Waals surface area contributed by atoms with Gasteiger partial charge >= 0.3 is 0 Å². The molecule has 2 heterocycles. The van der Waals surface area contributed by atoms with E-state index < -0.39 is 0 Å². The number of para-hydroxylation sites is 1. The summed E-state index contributed by atoms with van der Waals surface area (Å²) < 4.78 is 8.26. The van der Waals surface area contributed by atoms with Gasteiger partial charge in [-0.2, -0.15) is 0 Å². The first kappa shape index (κ1) is 14.3. The lowest BCUT2D eigenvalue weighted by Gasteiger charge is -2.22. The number of rotatable bonds is 3. The van der Waals surface area contributed by atoms with Crippen molar-refractivity contribution in [3.8, 4) is 11.6 Å². The predicted octanol–water partition coefficient (Wildman–Crippen LogP) is 3.46. The quantitative estimate of drug-likeness (QED) is 0.805. The molecular formula is C19H21N3O. The van der Waals surface area contributed by atoms with Crippen LogP contribution in [-0.2, 0) is 0 Å². The number of hydrogen-bond acceptors (Lipinski definition) is 3. The van der Waals surface area contributed by atoms with E-state index in [1.807, 2.05) is 22.9 Å². The summed E-state index contributed by atoms with van der Waals surface area (Å²) in [4.78, 5) is 0. The molecule has 3 aromatic rings. The molecule has 0 amide bonds. The topological polar surface area (TPSA) is 39.1 Å². The first-order valence-electron chi connectivity index (χ1n) is 8.24. The van der Waals surface area contributed by atoms with Gasteiger partial charge in [0.1, 0.15) is 6.10 Å². The van der Waals surface area contributed by atoms with Crippen molar-refractivity contribution in [3.63, 3.8) is 0 Å². The molecule has 1 fully saturated rings. The molecule has 0 radical (unpaired) electrons. The Bertz CT molecular complexity index is 804. The monoisotopic (exact) mass is 307 g/mol. The number of aryl methyl sites for hydroxylation is 1. The summed E-state index contributed by atoms with van der Waals surface area (Å²) in [6.07, 6.45) is 2.31. The Balaban J connectivity index is 1.81. The highest BCUT2D eigenvalue weighted by atomic mass is 16.5. The molecule has 118 valence electrons. The van der Waals surface area contributed by atoms with Crippen LogP contribution in [0.5, 0.6) is 5.88 Å². The molecule has 0 saturated carbocycles. The highest BCUT2D eigenvalue weighted by molar-refractivity contribution is 5.89. The molecule has 0 aliphatic carbocycles. The summed E-state index contributed by atoms with van der Waals surface area (Å²) in [6, 6.07) is 16.5. The Kier molecular flexibility index (Phi) is 3.75. The first-order valence-corrected chi connectivity index (χ1v) is 8.24. The zero-order valence-electron chi connectivity index (χ0n) is 13.3. The number of ether oxygens (including phenoxy) is 1. The van der Waals surface area contributed by atoms with E-state index >= 15 is 0 Å². The van der Waals surface area contributed by atoms with Crippen molar-refractivity contribution in [1.29, 1.82) is 0 Å². The average Bonchev–Trinajstić information content (AvgIpc) is 2.96. The zero-order chi connectivity index (χ0) is 15.6. The van der Waals surface area contributed by atoms with E-state index in [4.69, 9.17) is 9.84 Å². The first-order chi connectivity index (χ1) is 11.3. The van der Waals surface area contributed by atoms with E-state index in [1.165, 1.54) is 5.56 Å². The van der Waals surface area contributed by atoms with Crippen molar-refractivity contribution in [2.75, 3.05) is 13.1 Å².